The number of nitrogens with one attached hydrogen (secondary N) is 1. The number of hydrogen-bond acceptors (Lipinski definition) is 2. The van der Waals surface area contributed by atoms with Crippen LogP contribution in [0.1, 0.15) is 26.3 Å². The molecule has 0 aliphatic rings. The molecule has 0 bridgehead atoms. The number of halogens is 1. The molecule has 0 amide bonds. The van der Waals surface area contributed by atoms with Crippen LogP contribution in [0.25, 0.3) is 0 Å². The van der Waals surface area contributed by atoms with E-state index in [0.717, 1.165) is 5.56 Å². The van der Waals surface area contributed by atoms with E-state index in [0.29, 0.717) is 18.9 Å². The molecule has 0 fully saturated rings. The molecule has 0 atom stereocenters. The van der Waals surface area contributed by atoms with Gasteiger partial charge in [0.05, 0.1) is 0 Å². The molecular formula is C14H20FNO. The molecule has 1 aromatic carbocycles. The van der Waals surface area contributed by atoms with E-state index < -0.39 is 0 Å². The van der Waals surface area contributed by atoms with Crippen LogP contribution in [-0.2, 0) is 6.54 Å². The Morgan fingerprint density at radius 1 is 1.35 bits per heavy atom. The Morgan fingerprint density at radius 3 is 2.65 bits per heavy atom. The molecule has 3 heteroatoms. The van der Waals surface area contributed by atoms with Crippen molar-refractivity contribution in [2.24, 2.45) is 0 Å². The van der Waals surface area contributed by atoms with Gasteiger partial charge in [0.2, 0.25) is 0 Å². The summed E-state index contributed by atoms with van der Waals surface area (Å²) >= 11 is 0. The summed E-state index contributed by atoms with van der Waals surface area (Å²) in [4.78, 5) is 0. The lowest BCUT2D eigenvalue weighted by atomic mass is 10.1. The summed E-state index contributed by atoms with van der Waals surface area (Å²) in [6.07, 6.45) is 1.64. The molecule has 94 valence electrons. The predicted octanol–water partition coefficient (Wildman–Crippen LogP) is 3.28. The first-order valence-corrected chi connectivity index (χ1v) is 5.69. The zero-order valence-electron chi connectivity index (χ0n) is 10.7. The van der Waals surface area contributed by atoms with Gasteiger partial charge in [-0.25, -0.2) is 4.39 Å². The summed E-state index contributed by atoms with van der Waals surface area (Å²) in [6.45, 7) is 10.8. The minimum atomic E-state index is -0.280. The van der Waals surface area contributed by atoms with Crippen molar-refractivity contribution in [2.75, 3.05) is 6.61 Å². The van der Waals surface area contributed by atoms with Crippen molar-refractivity contribution in [1.82, 2.24) is 5.32 Å². The minimum absolute atomic E-state index is 0.00839. The van der Waals surface area contributed by atoms with Crippen LogP contribution >= 0.6 is 0 Å². The minimum Gasteiger partial charge on any atom is -0.489 e. The first kappa shape index (κ1) is 13.7. The van der Waals surface area contributed by atoms with E-state index >= 15 is 0 Å². The molecule has 0 saturated carbocycles. The zero-order valence-corrected chi connectivity index (χ0v) is 10.7. The molecule has 1 N–H and O–H groups in total. The van der Waals surface area contributed by atoms with Crippen LogP contribution in [0.2, 0.25) is 0 Å². The molecule has 0 unspecified atom stereocenters. The van der Waals surface area contributed by atoms with Crippen molar-refractivity contribution in [1.29, 1.82) is 0 Å². The normalized spacial score (nSPS) is 11.3. The standard InChI is InChI=1S/C14H20FNO/c1-5-6-17-13-8-11(7-12(15)9-13)10-16-14(2,3)4/h5,7-9,16H,1,6,10H2,2-4H3. The first-order chi connectivity index (χ1) is 7.90. The van der Waals surface area contributed by atoms with Gasteiger partial charge in [-0.05, 0) is 38.5 Å². The molecule has 0 radical (unpaired) electrons. The molecule has 1 rings (SSSR count). The average Bonchev–Trinajstić information content (AvgIpc) is 2.22. The van der Waals surface area contributed by atoms with Crippen molar-refractivity contribution >= 4 is 0 Å². The quantitative estimate of drug-likeness (QED) is 0.793. The summed E-state index contributed by atoms with van der Waals surface area (Å²) in [5.41, 5.74) is 0.882. The van der Waals surface area contributed by atoms with Crippen LogP contribution in [0, 0.1) is 5.82 Å². The van der Waals surface area contributed by atoms with Crippen molar-refractivity contribution in [3.05, 3.63) is 42.2 Å². The molecule has 0 aromatic heterocycles. The Kier molecular flexibility index (Phi) is 4.70. The molecule has 0 aliphatic carbocycles. The summed E-state index contributed by atoms with van der Waals surface area (Å²) in [5.74, 6) is 0.257. The fraction of sp³-hybridized carbons (Fsp3) is 0.429. The topological polar surface area (TPSA) is 21.3 Å². The van der Waals surface area contributed by atoms with E-state index in [9.17, 15) is 4.39 Å². The van der Waals surface area contributed by atoms with Gasteiger partial charge in [-0.1, -0.05) is 12.7 Å². The van der Waals surface area contributed by atoms with E-state index in [1.54, 1.807) is 6.08 Å². The number of hydrogen-bond donors (Lipinski definition) is 1. The second kappa shape index (κ2) is 5.82. The maximum absolute atomic E-state index is 13.3. The van der Waals surface area contributed by atoms with E-state index in [1.807, 2.05) is 6.07 Å². The van der Waals surface area contributed by atoms with Crippen LogP contribution in [0.15, 0.2) is 30.9 Å². The van der Waals surface area contributed by atoms with Crippen LogP contribution < -0.4 is 10.1 Å². The Hall–Kier alpha value is -1.35. The molecule has 0 spiro atoms. The second-order valence-corrected chi connectivity index (χ2v) is 5.00. The van der Waals surface area contributed by atoms with E-state index in [4.69, 9.17) is 4.74 Å². The van der Waals surface area contributed by atoms with Crippen LogP contribution in [0.4, 0.5) is 4.39 Å². The Balaban J connectivity index is 2.71. The molecule has 0 saturated heterocycles. The second-order valence-electron chi connectivity index (χ2n) is 5.00. The maximum Gasteiger partial charge on any atom is 0.127 e. The first-order valence-electron chi connectivity index (χ1n) is 5.69. The van der Waals surface area contributed by atoms with Crippen LogP contribution in [-0.4, -0.2) is 12.1 Å². The third-order valence-electron chi connectivity index (χ3n) is 2.12. The predicted molar refractivity (Wildman–Crippen MR) is 68.7 cm³/mol. The third kappa shape index (κ3) is 5.50. The molecule has 2 nitrogen and oxygen atoms in total. The summed E-state index contributed by atoms with van der Waals surface area (Å²) in [7, 11) is 0. The fourth-order valence-corrected chi connectivity index (χ4v) is 1.33. The lowest BCUT2D eigenvalue weighted by Crippen LogP contribution is -2.35. The lowest BCUT2D eigenvalue weighted by molar-refractivity contribution is 0.359. The van der Waals surface area contributed by atoms with Crippen molar-refractivity contribution in [3.8, 4) is 5.75 Å². The van der Waals surface area contributed by atoms with E-state index in [2.05, 4.69) is 32.7 Å². The lowest BCUT2D eigenvalue weighted by Gasteiger charge is -2.20. The van der Waals surface area contributed by atoms with Gasteiger partial charge in [0.15, 0.2) is 0 Å². The van der Waals surface area contributed by atoms with Gasteiger partial charge in [0.25, 0.3) is 0 Å². The maximum atomic E-state index is 13.3. The molecule has 1 aromatic rings. The highest BCUT2D eigenvalue weighted by molar-refractivity contribution is 5.29. The summed E-state index contributed by atoms with van der Waals surface area (Å²) < 4.78 is 18.7. The monoisotopic (exact) mass is 237 g/mol. The Bertz CT molecular complexity index is 382. The van der Waals surface area contributed by atoms with Crippen LogP contribution in [0.5, 0.6) is 5.75 Å². The van der Waals surface area contributed by atoms with Crippen LogP contribution in [0.3, 0.4) is 0 Å². The molecular weight excluding hydrogens is 217 g/mol. The smallest absolute Gasteiger partial charge is 0.127 e. The SMILES string of the molecule is C=CCOc1cc(F)cc(CNC(C)(C)C)c1. The highest BCUT2D eigenvalue weighted by Crippen LogP contribution is 2.17. The zero-order chi connectivity index (χ0) is 12.9. The molecule has 0 aliphatic heterocycles. The van der Waals surface area contributed by atoms with Gasteiger partial charge >= 0.3 is 0 Å². The van der Waals surface area contributed by atoms with Crippen molar-refractivity contribution < 1.29 is 9.13 Å². The van der Waals surface area contributed by atoms with Gasteiger partial charge in [-0.3, -0.25) is 0 Å². The van der Waals surface area contributed by atoms with Crippen molar-refractivity contribution in [3.63, 3.8) is 0 Å². The van der Waals surface area contributed by atoms with Gasteiger partial charge in [0, 0.05) is 18.2 Å². The van der Waals surface area contributed by atoms with Gasteiger partial charge in [-0.2, -0.15) is 0 Å². The van der Waals surface area contributed by atoms with Gasteiger partial charge in [-0.15, -0.1) is 0 Å². The van der Waals surface area contributed by atoms with E-state index in [-0.39, 0.29) is 11.4 Å². The summed E-state index contributed by atoms with van der Waals surface area (Å²) in [5, 5.41) is 3.31. The number of ether oxygens (including phenoxy) is 1. The summed E-state index contributed by atoms with van der Waals surface area (Å²) in [6, 6.07) is 4.73. The number of rotatable bonds is 5. The molecule has 17 heavy (non-hydrogen) atoms. The van der Waals surface area contributed by atoms with Crippen molar-refractivity contribution in [2.45, 2.75) is 32.9 Å². The fourth-order valence-electron chi connectivity index (χ4n) is 1.33. The number of benzene rings is 1. The molecule has 0 heterocycles. The van der Waals surface area contributed by atoms with E-state index in [1.165, 1.54) is 12.1 Å². The Morgan fingerprint density at radius 2 is 2.06 bits per heavy atom. The average molecular weight is 237 g/mol. The Labute approximate surface area is 102 Å². The largest absolute Gasteiger partial charge is 0.489 e. The third-order valence-corrected chi connectivity index (χ3v) is 2.12. The van der Waals surface area contributed by atoms with Gasteiger partial charge < -0.3 is 10.1 Å². The highest BCUT2D eigenvalue weighted by Gasteiger charge is 2.09. The van der Waals surface area contributed by atoms with Gasteiger partial charge in [0.1, 0.15) is 18.2 Å². The highest BCUT2D eigenvalue weighted by atomic mass is 19.1.